The normalized spacial score (nSPS) is 19.3. The summed E-state index contributed by atoms with van der Waals surface area (Å²) in [6.07, 6.45) is 0.443. The maximum Gasteiger partial charge on any atom is 0.237 e. The molecule has 18 heavy (non-hydrogen) atoms. The van der Waals surface area contributed by atoms with E-state index in [0.717, 1.165) is 0 Å². The lowest BCUT2D eigenvalue weighted by Crippen LogP contribution is -2.43. The molecule has 2 amide bonds. The van der Waals surface area contributed by atoms with E-state index in [1.165, 1.54) is 7.11 Å². The van der Waals surface area contributed by atoms with E-state index in [0.29, 0.717) is 11.3 Å². The van der Waals surface area contributed by atoms with Crippen molar-refractivity contribution in [2.45, 2.75) is 12.8 Å². The van der Waals surface area contributed by atoms with E-state index in [4.69, 9.17) is 4.74 Å². The summed E-state index contributed by atoms with van der Waals surface area (Å²) in [5, 5.41) is 2.18. The van der Waals surface area contributed by atoms with Crippen LogP contribution in [-0.2, 0) is 9.59 Å². The molecule has 1 saturated heterocycles. The SMILES string of the molecule is COc1ccccc1C(=O)C1CCC(=O)NC1=O. The molecule has 5 nitrogen and oxygen atoms in total. The molecule has 2 rings (SSSR count). The van der Waals surface area contributed by atoms with Gasteiger partial charge in [-0.1, -0.05) is 12.1 Å². The van der Waals surface area contributed by atoms with Crippen LogP contribution in [0.3, 0.4) is 0 Å². The van der Waals surface area contributed by atoms with Crippen LogP contribution in [0.2, 0.25) is 0 Å². The molecule has 1 N–H and O–H groups in total. The Morgan fingerprint density at radius 2 is 2.06 bits per heavy atom. The second-order valence-corrected chi connectivity index (χ2v) is 4.07. The highest BCUT2D eigenvalue weighted by atomic mass is 16.5. The van der Waals surface area contributed by atoms with Crippen LogP contribution in [0, 0.1) is 5.92 Å². The van der Waals surface area contributed by atoms with Gasteiger partial charge in [0.1, 0.15) is 11.7 Å². The van der Waals surface area contributed by atoms with Gasteiger partial charge in [-0.2, -0.15) is 0 Å². The fourth-order valence-corrected chi connectivity index (χ4v) is 1.98. The quantitative estimate of drug-likeness (QED) is 0.490. The summed E-state index contributed by atoms with van der Waals surface area (Å²) in [6.45, 7) is 0. The van der Waals surface area contributed by atoms with Crippen LogP contribution in [0.25, 0.3) is 0 Å². The van der Waals surface area contributed by atoms with Crippen molar-refractivity contribution < 1.29 is 19.1 Å². The summed E-state index contributed by atoms with van der Waals surface area (Å²) >= 11 is 0. The van der Waals surface area contributed by atoms with Crippen LogP contribution in [0.4, 0.5) is 0 Å². The molecule has 0 saturated carbocycles. The lowest BCUT2D eigenvalue weighted by atomic mass is 9.89. The summed E-state index contributed by atoms with van der Waals surface area (Å²) in [5.41, 5.74) is 0.370. The first-order chi connectivity index (χ1) is 8.63. The van der Waals surface area contributed by atoms with Gasteiger partial charge in [-0.15, -0.1) is 0 Å². The summed E-state index contributed by atoms with van der Waals surface area (Å²) < 4.78 is 5.09. The number of amides is 2. The third-order valence-electron chi connectivity index (χ3n) is 2.93. The van der Waals surface area contributed by atoms with Gasteiger partial charge in [-0.3, -0.25) is 19.7 Å². The third-order valence-corrected chi connectivity index (χ3v) is 2.93. The number of piperidine rings is 1. The van der Waals surface area contributed by atoms with E-state index in [1.807, 2.05) is 0 Å². The monoisotopic (exact) mass is 247 g/mol. The first kappa shape index (κ1) is 12.3. The Kier molecular flexibility index (Phi) is 3.41. The molecule has 1 heterocycles. The Morgan fingerprint density at radius 1 is 1.33 bits per heavy atom. The Hall–Kier alpha value is -2.17. The first-order valence-electron chi connectivity index (χ1n) is 5.64. The van der Waals surface area contributed by atoms with Crippen molar-refractivity contribution in [3.8, 4) is 5.75 Å². The van der Waals surface area contributed by atoms with E-state index in [2.05, 4.69) is 5.32 Å². The molecule has 1 aliphatic heterocycles. The summed E-state index contributed by atoms with van der Waals surface area (Å²) in [4.78, 5) is 34.9. The summed E-state index contributed by atoms with van der Waals surface area (Å²) in [7, 11) is 1.47. The van der Waals surface area contributed by atoms with Gasteiger partial charge in [0, 0.05) is 6.42 Å². The van der Waals surface area contributed by atoms with Crippen molar-refractivity contribution in [2.75, 3.05) is 7.11 Å². The number of imide groups is 1. The minimum atomic E-state index is -0.806. The smallest absolute Gasteiger partial charge is 0.237 e. The van der Waals surface area contributed by atoms with Crippen LogP contribution >= 0.6 is 0 Å². The topological polar surface area (TPSA) is 72.5 Å². The predicted molar refractivity (Wildman–Crippen MR) is 63.2 cm³/mol. The molecule has 0 bridgehead atoms. The number of benzene rings is 1. The highest BCUT2D eigenvalue weighted by molar-refractivity contribution is 6.15. The molecule has 1 atom stereocenters. The maximum atomic E-state index is 12.2. The van der Waals surface area contributed by atoms with E-state index in [-0.39, 0.29) is 24.5 Å². The van der Waals surface area contributed by atoms with Gasteiger partial charge in [0.05, 0.1) is 12.7 Å². The van der Waals surface area contributed by atoms with Gasteiger partial charge in [0.15, 0.2) is 5.78 Å². The molecule has 0 aliphatic carbocycles. The minimum absolute atomic E-state index is 0.192. The molecule has 5 heteroatoms. The molecule has 1 aromatic carbocycles. The number of ether oxygens (including phenoxy) is 1. The van der Waals surface area contributed by atoms with Crippen LogP contribution in [-0.4, -0.2) is 24.7 Å². The van der Waals surface area contributed by atoms with Crippen molar-refractivity contribution >= 4 is 17.6 Å². The van der Waals surface area contributed by atoms with Crippen molar-refractivity contribution in [2.24, 2.45) is 5.92 Å². The highest BCUT2D eigenvalue weighted by Crippen LogP contribution is 2.24. The number of hydrogen-bond donors (Lipinski definition) is 1. The molecule has 1 fully saturated rings. The van der Waals surface area contributed by atoms with Gasteiger partial charge in [-0.05, 0) is 18.6 Å². The van der Waals surface area contributed by atoms with Gasteiger partial charge in [0.2, 0.25) is 11.8 Å². The molecular formula is C13H13NO4. The number of Topliss-reactive ketones (excluding diaryl/α,β-unsaturated/α-hetero) is 1. The van der Waals surface area contributed by atoms with Crippen LogP contribution in [0.1, 0.15) is 23.2 Å². The zero-order valence-corrected chi connectivity index (χ0v) is 9.93. The fourth-order valence-electron chi connectivity index (χ4n) is 1.98. The standard InChI is InChI=1S/C13H13NO4/c1-18-10-5-3-2-4-8(10)12(16)9-6-7-11(15)14-13(9)17/h2-5,9H,6-7H2,1H3,(H,14,15,17). The molecule has 1 unspecified atom stereocenters. The van der Waals surface area contributed by atoms with E-state index in [1.54, 1.807) is 24.3 Å². The fraction of sp³-hybridized carbons (Fsp3) is 0.308. The molecule has 0 radical (unpaired) electrons. The summed E-state index contributed by atoms with van der Waals surface area (Å²) in [6, 6.07) is 6.74. The molecule has 0 spiro atoms. The number of para-hydroxylation sites is 1. The maximum absolute atomic E-state index is 12.2. The van der Waals surface area contributed by atoms with Gasteiger partial charge >= 0.3 is 0 Å². The summed E-state index contributed by atoms with van der Waals surface area (Å²) in [5.74, 6) is -1.53. The number of rotatable bonds is 3. The highest BCUT2D eigenvalue weighted by Gasteiger charge is 2.33. The number of hydrogen-bond acceptors (Lipinski definition) is 4. The van der Waals surface area contributed by atoms with Gasteiger partial charge < -0.3 is 4.74 Å². The second kappa shape index (κ2) is 5.00. The molecule has 1 aromatic rings. The van der Waals surface area contributed by atoms with E-state index < -0.39 is 11.8 Å². The number of carbonyl (C=O) groups excluding carboxylic acids is 3. The van der Waals surface area contributed by atoms with E-state index in [9.17, 15) is 14.4 Å². The molecule has 1 aliphatic rings. The van der Waals surface area contributed by atoms with Crippen LogP contribution in [0.5, 0.6) is 5.75 Å². The van der Waals surface area contributed by atoms with Crippen molar-refractivity contribution in [1.82, 2.24) is 5.32 Å². The Balaban J connectivity index is 2.26. The molecular weight excluding hydrogens is 234 g/mol. The number of nitrogens with one attached hydrogen (secondary N) is 1. The predicted octanol–water partition coefficient (Wildman–Crippen LogP) is 0.931. The van der Waals surface area contributed by atoms with Crippen LogP contribution < -0.4 is 10.1 Å². The largest absolute Gasteiger partial charge is 0.496 e. The number of methoxy groups -OCH3 is 1. The van der Waals surface area contributed by atoms with Crippen molar-refractivity contribution in [3.63, 3.8) is 0 Å². The minimum Gasteiger partial charge on any atom is -0.496 e. The Labute approximate surface area is 104 Å². The average Bonchev–Trinajstić information content (AvgIpc) is 2.38. The first-order valence-corrected chi connectivity index (χ1v) is 5.64. The van der Waals surface area contributed by atoms with Crippen molar-refractivity contribution in [1.29, 1.82) is 0 Å². The van der Waals surface area contributed by atoms with Gasteiger partial charge in [0.25, 0.3) is 0 Å². The third kappa shape index (κ3) is 2.25. The lowest BCUT2D eigenvalue weighted by Gasteiger charge is -2.20. The molecule has 94 valence electrons. The number of ketones is 1. The average molecular weight is 247 g/mol. The van der Waals surface area contributed by atoms with Crippen molar-refractivity contribution in [3.05, 3.63) is 29.8 Å². The van der Waals surface area contributed by atoms with Gasteiger partial charge in [-0.25, -0.2) is 0 Å². The Morgan fingerprint density at radius 3 is 2.72 bits per heavy atom. The van der Waals surface area contributed by atoms with Crippen LogP contribution in [0.15, 0.2) is 24.3 Å². The molecule has 0 aromatic heterocycles. The zero-order chi connectivity index (χ0) is 13.1. The Bertz CT molecular complexity index is 509. The van der Waals surface area contributed by atoms with E-state index >= 15 is 0 Å². The lowest BCUT2D eigenvalue weighted by molar-refractivity contribution is -0.135. The zero-order valence-electron chi connectivity index (χ0n) is 9.93. The second-order valence-electron chi connectivity index (χ2n) is 4.07. The number of carbonyl (C=O) groups is 3.